The predicted octanol–water partition coefficient (Wildman–Crippen LogP) is 1.82. The first-order valence-corrected chi connectivity index (χ1v) is 4.74. The first-order chi connectivity index (χ1) is 7.61. The Balaban J connectivity index is 2.60. The van der Waals surface area contributed by atoms with Crippen molar-refractivity contribution in [3.05, 3.63) is 30.3 Å². The van der Waals surface area contributed by atoms with Gasteiger partial charge in [-0.1, -0.05) is 0 Å². The van der Waals surface area contributed by atoms with Gasteiger partial charge in [-0.3, -0.25) is 4.68 Å². The molecule has 0 saturated carbocycles. The van der Waals surface area contributed by atoms with Gasteiger partial charge in [0.05, 0.1) is 13.3 Å². The monoisotopic (exact) mass is 221 g/mol. The molecule has 0 radical (unpaired) electrons. The molecule has 1 aromatic carbocycles. The number of rotatable bonds is 2. The van der Waals surface area contributed by atoms with E-state index in [2.05, 4.69) is 5.10 Å². The van der Waals surface area contributed by atoms with Gasteiger partial charge >= 0.3 is 0 Å². The fraction of sp³-hybridized carbons (Fsp3) is 0.182. The predicted molar refractivity (Wildman–Crippen MR) is 59.6 cm³/mol. The topological polar surface area (TPSA) is 53.1 Å². The van der Waals surface area contributed by atoms with Crippen LogP contribution in [0.1, 0.15) is 0 Å². The molecule has 5 heteroatoms. The molecule has 1 aromatic heterocycles. The van der Waals surface area contributed by atoms with Crippen LogP contribution in [0.25, 0.3) is 11.1 Å². The molecule has 0 saturated heterocycles. The van der Waals surface area contributed by atoms with Crippen LogP contribution in [0.3, 0.4) is 0 Å². The van der Waals surface area contributed by atoms with Crippen LogP contribution in [0.5, 0.6) is 5.75 Å². The van der Waals surface area contributed by atoms with Gasteiger partial charge in [-0.15, -0.1) is 0 Å². The van der Waals surface area contributed by atoms with E-state index in [1.807, 2.05) is 0 Å². The summed E-state index contributed by atoms with van der Waals surface area (Å²) in [6.07, 6.45) is 3.30. The Hall–Kier alpha value is -2.04. The number of halogens is 1. The molecule has 0 unspecified atom stereocenters. The Kier molecular flexibility index (Phi) is 2.52. The summed E-state index contributed by atoms with van der Waals surface area (Å²) < 4.78 is 20.4. The zero-order valence-electron chi connectivity index (χ0n) is 9.07. The second-order valence-electron chi connectivity index (χ2n) is 3.49. The van der Waals surface area contributed by atoms with Crippen LogP contribution < -0.4 is 10.5 Å². The summed E-state index contributed by atoms with van der Waals surface area (Å²) in [5.41, 5.74) is 7.20. The van der Waals surface area contributed by atoms with Crippen LogP contribution >= 0.6 is 0 Å². The first kappa shape index (κ1) is 10.5. The van der Waals surface area contributed by atoms with Crippen molar-refractivity contribution >= 4 is 5.69 Å². The number of hydrogen-bond donors (Lipinski definition) is 1. The largest absolute Gasteiger partial charge is 0.494 e. The number of nitrogens with two attached hydrogens (primary N) is 1. The van der Waals surface area contributed by atoms with Gasteiger partial charge in [0.25, 0.3) is 0 Å². The van der Waals surface area contributed by atoms with E-state index >= 15 is 0 Å². The molecule has 2 N–H and O–H groups in total. The van der Waals surface area contributed by atoms with E-state index in [9.17, 15) is 4.39 Å². The van der Waals surface area contributed by atoms with Gasteiger partial charge in [0.2, 0.25) is 0 Å². The van der Waals surface area contributed by atoms with Gasteiger partial charge in [-0.2, -0.15) is 5.10 Å². The second-order valence-corrected chi connectivity index (χ2v) is 3.49. The number of aryl methyl sites for hydroxylation is 1. The van der Waals surface area contributed by atoms with Crippen molar-refractivity contribution in [2.45, 2.75) is 0 Å². The minimum atomic E-state index is -0.426. The van der Waals surface area contributed by atoms with Crippen molar-refractivity contribution < 1.29 is 9.13 Å². The lowest BCUT2D eigenvalue weighted by Crippen LogP contribution is -1.95. The van der Waals surface area contributed by atoms with Gasteiger partial charge in [0.15, 0.2) is 11.6 Å². The number of hydrogen-bond acceptors (Lipinski definition) is 3. The van der Waals surface area contributed by atoms with E-state index in [1.165, 1.54) is 13.2 Å². The molecule has 0 aliphatic carbocycles. The van der Waals surface area contributed by atoms with Crippen molar-refractivity contribution in [2.24, 2.45) is 7.05 Å². The zero-order chi connectivity index (χ0) is 11.7. The Morgan fingerprint density at radius 3 is 2.75 bits per heavy atom. The SMILES string of the molecule is COc1cc(N)cc(-c2cnn(C)c2)c1F. The quantitative estimate of drug-likeness (QED) is 0.787. The lowest BCUT2D eigenvalue weighted by Gasteiger charge is -2.07. The maximum atomic E-state index is 13.9. The Morgan fingerprint density at radius 2 is 2.19 bits per heavy atom. The summed E-state index contributed by atoms with van der Waals surface area (Å²) in [4.78, 5) is 0. The highest BCUT2D eigenvalue weighted by Crippen LogP contribution is 2.31. The van der Waals surface area contributed by atoms with E-state index in [-0.39, 0.29) is 5.75 Å². The number of anilines is 1. The summed E-state index contributed by atoms with van der Waals surface area (Å²) in [7, 11) is 3.18. The highest BCUT2D eigenvalue weighted by atomic mass is 19.1. The fourth-order valence-corrected chi connectivity index (χ4v) is 1.54. The third-order valence-corrected chi connectivity index (χ3v) is 2.30. The lowest BCUT2D eigenvalue weighted by molar-refractivity contribution is 0.387. The molecule has 0 spiro atoms. The molecule has 0 aliphatic rings. The molecule has 1 heterocycles. The molecule has 0 atom stereocenters. The first-order valence-electron chi connectivity index (χ1n) is 4.74. The lowest BCUT2D eigenvalue weighted by atomic mass is 10.1. The molecule has 16 heavy (non-hydrogen) atoms. The van der Waals surface area contributed by atoms with Crippen LogP contribution in [0.2, 0.25) is 0 Å². The van der Waals surface area contributed by atoms with Crippen LogP contribution in [0, 0.1) is 5.82 Å². The Morgan fingerprint density at radius 1 is 1.44 bits per heavy atom. The highest BCUT2D eigenvalue weighted by molar-refractivity contribution is 5.69. The van der Waals surface area contributed by atoms with E-state index < -0.39 is 5.82 Å². The number of ether oxygens (including phenoxy) is 1. The Bertz CT molecular complexity index is 522. The van der Waals surface area contributed by atoms with E-state index in [4.69, 9.17) is 10.5 Å². The molecule has 2 rings (SSSR count). The maximum Gasteiger partial charge on any atom is 0.173 e. The molecular formula is C11H12FN3O. The third kappa shape index (κ3) is 1.71. The van der Waals surface area contributed by atoms with Crippen LogP contribution in [-0.4, -0.2) is 16.9 Å². The maximum absolute atomic E-state index is 13.9. The van der Waals surface area contributed by atoms with Crippen molar-refractivity contribution in [3.8, 4) is 16.9 Å². The normalized spacial score (nSPS) is 10.4. The number of nitrogens with zero attached hydrogens (tertiary/aromatic N) is 2. The minimum absolute atomic E-state index is 0.138. The summed E-state index contributed by atoms with van der Waals surface area (Å²) in [6, 6.07) is 3.02. The molecule has 0 bridgehead atoms. The average molecular weight is 221 g/mol. The van der Waals surface area contributed by atoms with Gasteiger partial charge in [-0.25, -0.2) is 4.39 Å². The molecule has 4 nitrogen and oxygen atoms in total. The molecule has 0 amide bonds. The third-order valence-electron chi connectivity index (χ3n) is 2.30. The molecule has 0 fully saturated rings. The van der Waals surface area contributed by atoms with Gasteiger partial charge in [0.1, 0.15) is 0 Å². The summed E-state index contributed by atoms with van der Waals surface area (Å²) in [5.74, 6) is -0.288. The van der Waals surface area contributed by atoms with E-state index in [1.54, 1.807) is 30.2 Å². The summed E-state index contributed by atoms with van der Waals surface area (Å²) in [5, 5.41) is 3.99. The van der Waals surface area contributed by atoms with E-state index in [0.717, 1.165) is 0 Å². The number of methoxy groups -OCH3 is 1. The standard InChI is InChI=1S/C11H12FN3O/c1-15-6-7(5-14-15)9-3-8(13)4-10(16-2)11(9)12/h3-6H,13H2,1-2H3. The van der Waals surface area contributed by atoms with Crippen LogP contribution in [-0.2, 0) is 7.05 Å². The summed E-state index contributed by atoms with van der Waals surface area (Å²) >= 11 is 0. The van der Waals surface area contributed by atoms with Crippen molar-refractivity contribution in [1.82, 2.24) is 9.78 Å². The average Bonchev–Trinajstić information content (AvgIpc) is 2.67. The van der Waals surface area contributed by atoms with Crippen molar-refractivity contribution in [2.75, 3.05) is 12.8 Å². The zero-order valence-corrected chi connectivity index (χ0v) is 9.07. The van der Waals surface area contributed by atoms with E-state index in [0.29, 0.717) is 16.8 Å². The number of aromatic nitrogens is 2. The van der Waals surface area contributed by atoms with Crippen molar-refractivity contribution in [3.63, 3.8) is 0 Å². The number of benzene rings is 1. The molecule has 2 aromatic rings. The Labute approximate surface area is 92.4 Å². The van der Waals surface area contributed by atoms with Crippen LogP contribution in [0.4, 0.5) is 10.1 Å². The second kappa shape index (κ2) is 3.84. The number of nitrogen functional groups attached to an aromatic ring is 1. The molecule has 0 aliphatic heterocycles. The van der Waals surface area contributed by atoms with Crippen LogP contribution in [0.15, 0.2) is 24.5 Å². The minimum Gasteiger partial charge on any atom is -0.494 e. The van der Waals surface area contributed by atoms with Gasteiger partial charge in [-0.05, 0) is 6.07 Å². The van der Waals surface area contributed by atoms with Gasteiger partial charge in [0, 0.05) is 36.1 Å². The van der Waals surface area contributed by atoms with Gasteiger partial charge < -0.3 is 10.5 Å². The molecular weight excluding hydrogens is 209 g/mol. The highest BCUT2D eigenvalue weighted by Gasteiger charge is 2.13. The fourth-order valence-electron chi connectivity index (χ4n) is 1.54. The summed E-state index contributed by atoms with van der Waals surface area (Å²) in [6.45, 7) is 0. The van der Waals surface area contributed by atoms with Crippen molar-refractivity contribution in [1.29, 1.82) is 0 Å². The smallest absolute Gasteiger partial charge is 0.173 e. The molecule has 84 valence electrons.